The van der Waals surface area contributed by atoms with Gasteiger partial charge in [-0.15, -0.1) is 0 Å². The van der Waals surface area contributed by atoms with E-state index in [-0.39, 0.29) is 17.5 Å². The van der Waals surface area contributed by atoms with Gasteiger partial charge < -0.3 is 5.32 Å². The van der Waals surface area contributed by atoms with Gasteiger partial charge in [0.15, 0.2) is 0 Å². The number of rotatable bonds is 8. The molecule has 0 unspecified atom stereocenters. The van der Waals surface area contributed by atoms with Gasteiger partial charge in [0.25, 0.3) is 10.0 Å². The molecule has 168 valence electrons. The summed E-state index contributed by atoms with van der Waals surface area (Å²) in [5.74, 6) is -0.392. The Bertz CT molecular complexity index is 1180. The molecule has 0 aliphatic heterocycles. The lowest BCUT2D eigenvalue weighted by molar-refractivity contribution is -0.120. The quantitative estimate of drug-likeness (QED) is 0.478. The van der Waals surface area contributed by atoms with Gasteiger partial charge in [0, 0.05) is 5.02 Å². The van der Waals surface area contributed by atoms with Crippen LogP contribution < -0.4 is 9.62 Å². The van der Waals surface area contributed by atoms with E-state index < -0.39 is 15.9 Å². The molecule has 3 aromatic rings. The Labute approximate surface area is 195 Å². The zero-order chi connectivity index (χ0) is 23.3. The minimum Gasteiger partial charge on any atom is -0.348 e. The number of nitrogens with zero attached hydrogens (tertiary/aromatic N) is 1. The third kappa shape index (κ3) is 5.31. The average molecular weight is 471 g/mol. The van der Waals surface area contributed by atoms with Gasteiger partial charge in [-0.2, -0.15) is 0 Å². The molecular weight excluding hydrogens is 444 g/mol. The van der Waals surface area contributed by atoms with Gasteiger partial charge in [0.1, 0.15) is 6.54 Å². The van der Waals surface area contributed by atoms with Crippen LogP contribution in [0.15, 0.2) is 77.7 Å². The van der Waals surface area contributed by atoms with Gasteiger partial charge in [0.05, 0.1) is 16.6 Å². The molecule has 1 atom stereocenters. The number of hydrogen-bond acceptors (Lipinski definition) is 3. The third-order valence-electron chi connectivity index (χ3n) is 5.35. The van der Waals surface area contributed by atoms with E-state index in [1.165, 1.54) is 12.1 Å². The van der Waals surface area contributed by atoms with E-state index in [4.69, 9.17) is 11.6 Å². The van der Waals surface area contributed by atoms with Crippen molar-refractivity contribution in [3.05, 3.63) is 94.5 Å². The van der Waals surface area contributed by atoms with Crippen LogP contribution in [0.3, 0.4) is 0 Å². The maximum absolute atomic E-state index is 13.5. The molecule has 3 aromatic carbocycles. The van der Waals surface area contributed by atoms with Crippen molar-refractivity contribution in [3.63, 3.8) is 0 Å². The highest BCUT2D eigenvalue weighted by molar-refractivity contribution is 7.92. The SMILES string of the molecule is CC[C@H](NC(=O)CN(c1cccc(Cl)c1C)S(=O)(=O)c1ccccc1)c1ccc(C)cc1. The molecule has 3 rings (SSSR count). The number of carbonyl (C=O) groups excluding carboxylic acids is 1. The highest BCUT2D eigenvalue weighted by Gasteiger charge is 2.29. The number of halogens is 1. The summed E-state index contributed by atoms with van der Waals surface area (Å²) in [6.45, 7) is 5.36. The van der Waals surface area contributed by atoms with Crippen LogP contribution in [0.25, 0.3) is 0 Å². The van der Waals surface area contributed by atoms with Crippen LogP contribution in [0.4, 0.5) is 5.69 Å². The van der Waals surface area contributed by atoms with Gasteiger partial charge in [-0.3, -0.25) is 9.10 Å². The molecular formula is C25H27ClN2O3S. The van der Waals surface area contributed by atoms with E-state index >= 15 is 0 Å². The van der Waals surface area contributed by atoms with Crippen LogP contribution in [0.5, 0.6) is 0 Å². The number of hydrogen-bond donors (Lipinski definition) is 1. The predicted octanol–water partition coefficient (Wildman–Crippen LogP) is 5.42. The molecule has 5 nitrogen and oxygen atoms in total. The molecule has 1 N–H and O–H groups in total. The zero-order valence-electron chi connectivity index (χ0n) is 18.4. The minimum atomic E-state index is -3.99. The van der Waals surface area contributed by atoms with Crippen LogP contribution in [0, 0.1) is 13.8 Å². The topological polar surface area (TPSA) is 66.5 Å². The van der Waals surface area contributed by atoms with E-state index in [1.54, 1.807) is 43.3 Å². The molecule has 0 saturated heterocycles. The first-order valence-electron chi connectivity index (χ1n) is 10.4. The molecule has 1 amide bonds. The van der Waals surface area contributed by atoms with Gasteiger partial charge >= 0.3 is 0 Å². The van der Waals surface area contributed by atoms with Gasteiger partial charge in [-0.25, -0.2) is 8.42 Å². The summed E-state index contributed by atoms with van der Waals surface area (Å²) in [7, 11) is -3.99. The van der Waals surface area contributed by atoms with Crippen molar-refractivity contribution in [3.8, 4) is 0 Å². The van der Waals surface area contributed by atoms with Crippen LogP contribution >= 0.6 is 11.6 Å². The van der Waals surface area contributed by atoms with E-state index in [9.17, 15) is 13.2 Å². The summed E-state index contributed by atoms with van der Waals surface area (Å²) in [4.78, 5) is 13.2. The molecule has 0 fully saturated rings. The first kappa shape index (κ1) is 23.8. The number of sulfonamides is 1. The lowest BCUT2D eigenvalue weighted by atomic mass is 10.0. The summed E-state index contributed by atoms with van der Waals surface area (Å²) < 4.78 is 28.1. The van der Waals surface area contributed by atoms with Crippen molar-refractivity contribution in [2.75, 3.05) is 10.8 Å². The second-order valence-corrected chi connectivity index (χ2v) is 9.92. The van der Waals surface area contributed by atoms with E-state index in [1.807, 2.05) is 38.1 Å². The molecule has 0 aliphatic rings. The summed E-state index contributed by atoms with van der Waals surface area (Å²) in [6, 6.07) is 20.8. The fourth-order valence-electron chi connectivity index (χ4n) is 3.48. The monoisotopic (exact) mass is 470 g/mol. The average Bonchev–Trinajstić information content (AvgIpc) is 2.79. The number of carbonyl (C=O) groups is 1. The number of amides is 1. The van der Waals surface area contributed by atoms with Crippen molar-refractivity contribution in [1.82, 2.24) is 5.32 Å². The smallest absolute Gasteiger partial charge is 0.264 e. The van der Waals surface area contributed by atoms with Crippen molar-refractivity contribution >= 4 is 33.2 Å². The highest BCUT2D eigenvalue weighted by Crippen LogP contribution is 2.31. The maximum atomic E-state index is 13.5. The number of anilines is 1. The summed E-state index contributed by atoms with van der Waals surface area (Å²) >= 11 is 6.27. The molecule has 0 heterocycles. The predicted molar refractivity (Wildman–Crippen MR) is 130 cm³/mol. The first-order chi connectivity index (χ1) is 15.2. The van der Waals surface area contributed by atoms with Crippen molar-refractivity contribution in [1.29, 1.82) is 0 Å². The molecule has 7 heteroatoms. The van der Waals surface area contributed by atoms with E-state index in [0.717, 1.165) is 15.4 Å². The van der Waals surface area contributed by atoms with Crippen LogP contribution in [0.2, 0.25) is 5.02 Å². The lowest BCUT2D eigenvalue weighted by Crippen LogP contribution is -2.42. The van der Waals surface area contributed by atoms with Crippen LogP contribution in [-0.2, 0) is 14.8 Å². The van der Waals surface area contributed by atoms with Crippen LogP contribution in [-0.4, -0.2) is 20.9 Å². The highest BCUT2D eigenvalue weighted by atomic mass is 35.5. The molecule has 0 bridgehead atoms. The zero-order valence-corrected chi connectivity index (χ0v) is 20.0. The minimum absolute atomic E-state index is 0.109. The number of benzene rings is 3. The molecule has 32 heavy (non-hydrogen) atoms. The third-order valence-corrected chi connectivity index (χ3v) is 7.53. The van der Waals surface area contributed by atoms with Crippen molar-refractivity contribution in [2.45, 2.75) is 38.1 Å². The largest absolute Gasteiger partial charge is 0.348 e. The number of nitrogens with one attached hydrogen (secondary N) is 1. The first-order valence-corrected chi connectivity index (χ1v) is 12.2. The lowest BCUT2D eigenvalue weighted by Gasteiger charge is -2.27. The van der Waals surface area contributed by atoms with Crippen molar-refractivity contribution < 1.29 is 13.2 Å². The Morgan fingerprint density at radius 1 is 0.969 bits per heavy atom. The molecule has 0 aromatic heterocycles. The Morgan fingerprint density at radius 3 is 2.25 bits per heavy atom. The molecule has 0 aliphatic carbocycles. The Balaban J connectivity index is 1.94. The molecule has 0 spiro atoms. The second kappa shape index (κ2) is 10.2. The summed E-state index contributed by atoms with van der Waals surface area (Å²) in [6.07, 6.45) is 0.677. The van der Waals surface area contributed by atoms with Gasteiger partial charge in [-0.1, -0.05) is 72.6 Å². The Kier molecular flexibility index (Phi) is 7.59. The maximum Gasteiger partial charge on any atom is 0.264 e. The normalized spacial score (nSPS) is 12.2. The molecule has 0 radical (unpaired) electrons. The van der Waals surface area contributed by atoms with Crippen LogP contribution in [0.1, 0.15) is 36.1 Å². The summed E-state index contributed by atoms with van der Waals surface area (Å²) in [5, 5.41) is 3.41. The van der Waals surface area contributed by atoms with E-state index in [2.05, 4.69) is 5.32 Å². The fraction of sp³-hybridized carbons (Fsp3) is 0.240. The Morgan fingerprint density at radius 2 is 1.62 bits per heavy atom. The summed E-state index contributed by atoms with van der Waals surface area (Å²) in [5.41, 5.74) is 3.07. The van der Waals surface area contributed by atoms with Crippen molar-refractivity contribution in [2.24, 2.45) is 0 Å². The second-order valence-electron chi connectivity index (χ2n) is 7.65. The fourth-order valence-corrected chi connectivity index (χ4v) is 5.14. The van der Waals surface area contributed by atoms with Gasteiger partial charge in [0.2, 0.25) is 5.91 Å². The Hall–Kier alpha value is -2.83. The standard InChI is InChI=1S/C25H27ClN2O3S/c1-4-23(20-15-13-18(2)14-16-20)27-25(29)17-28(24-12-8-11-22(26)19(24)3)32(30,31)21-9-6-5-7-10-21/h5-16,23H,4,17H2,1-3H3,(H,27,29)/t23-/m0/s1. The number of aryl methyl sites for hydroxylation is 1. The van der Waals surface area contributed by atoms with Gasteiger partial charge in [-0.05, 0) is 55.7 Å². The van der Waals surface area contributed by atoms with E-state index in [0.29, 0.717) is 22.7 Å². The molecule has 0 saturated carbocycles.